The number of benzene rings is 1. The molecule has 1 aromatic carbocycles. The predicted octanol–water partition coefficient (Wildman–Crippen LogP) is 4.41. The third-order valence-corrected chi connectivity index (χ3v) is 7.06. The number of aromatic nitrogens is 1. The molecule has 0 saturated carbocycles. The van der Waals surface area contributed by atoms with Crippen molar-refractivity contribution in [3.05, 3.63) is 52.1 Å². The molecule has 0 unspecified atom stereocenters. The Kier molecular flexibility index (Phi) is 8.29. The Bertz CT molecular complexity index is 1030. The molecule has 4 rings (SSSR count). The van der Waals surface area contributed by atoms with Crippen LogP contribution in [0, 0.1) is 5.92 Å². The van der Waals surface area contributed by atoms with Crippen LogP contribution in [0.2, 0.25) is 10.0 Å². The van der Waals surface area contributed by atoms with Crippen LogP contribution < -0.4 is 10.2 Å². The number of halogens is 2. The minimum Gasteiger partial charge on any atom is -0.355 e. The van der Waals surface area contributed by atoms with Crippen molar-refractivity contribution in [3.63, 3.8) is 0 Å². The van der Waals surface area contributed by atoms with Gasteiger partial charge in [0.1, 0.15) is 0 Å². The van der Waals surface area contributed by atoms with Crippen LogP contribution in [0.5, 0.6) is 0 Å². The Morgan fingerprint density at radius 1 is 1.03 bits per heavy atom. The van der Waals surface area contributed by atoms with Crippen molar-refractivity contribution >= 4 is 46.5 Å². The third-order valence-electron chi connectivity index (χ3n) is 6.62. The van der Waals surface area contributed by atoms with Gasteiger partial charge in [-0.05, 0) is 63.0 Å². The minimum absolute atomic E-state index is 0.267. The van der Waals surface area contributed by atoms with Crippen LogP contribution in [0.3, 0.4) is 0 Å². The summed E-state index contributed by atoms with van der Waals surface area (Å²) in [6.07, 6.45) is 5.05. The fourth-order valence-corrected chi connectivity index (χ4v) is 4.97. The van der Waals surface area contributed by atoms with Gasteiger partial charge in [0.15, 0.2) is 5.82 Å². The van der Waals surface area contributed by atoms with E-state index in [1.54, 1.807) is 36.5 Å². The lowest BCUT2D eigenvalue weighted by molar-refractivity contribution is -0.132. The van der Waals surface area contributed by atoms with E-state index >= 15 is 0 Å². The van der Waals surface area contributed by atoms with Crippen LogP contribution in [-0.2, 0) is 4.79 Å². The van der Waals surface area contributed by atoms with Gasteiger partial charge >= 0.3 is 0 Å². The second-order valence-corrected chi connectivity index (χ2v) is 10.0. The van der Waals surface area contributed by atoms with Crippen molar-refractivity contribution in [1.82, 2.24) is 14.8 Å². The summed E-state index contributed by atoms with van der Waals surface area (Å²) in [5.74, 6) is 1.06. The highest BCUT2D eigenvalue weighted by Crippen LogP contribution is 2.31. The molecular weight excluding hydrogens is 473 g/mol. The summed E-state index contributed by atoms with van der Waals surface area (Å²) in [5, 5.41) is 3.89. The molecule has 34 heavy (non-hydrogen) atoms. The second-order valence-electron chi connectivity index (χ2n) is 9.16. The maximum absolute atomic E-state index is 12.9. The van der Waals surface area contributed by atoms with Gasteiger partial charge in [0.25, 0.3) is 5.91 Å². The van der Waals surface area contributed by atoms with Crippen LogP contribution >= 0.6 is 23.2 Å². The molecule has 1 aromatic heterocycles. The van der Waals surface area contributed by atoms with E-state index in [2.05, 4.69) is 27.1 Å². The van der Waals surface area contributed by atoms with Crippen LogP contribution in [0.1, 0.15) is 36.0 Å². The first-order valence-electron chi connectivity index (χ1n) is 11.8. The van der Waals surface area contributed by atoms with Gasteiger partial charge < -0.3 is 20.0 Å². The van der Waals surface area contributed by atoms with Crippen LogP contribution in [0.25, 0.3) is 0 Å². The van der Waals surface area contributed by atoms with Gasteiger partial charge in [-0.2, -0.15) is 0 Å². The molecule has 0 spiro atoms. The number of nitrogens with zero attached hydrogens (tertiary/aromatic N) is 4. The van der Waals surface area contributed by atoms with E-state index in [9.17, 15) is 9.59 Å². The number of piperidine rings is 1. The predicted molar refractivity (Wildman–Crippen MR) is 137 cm³/mol. The van der Waals surface area contributed by atoms with Crippen molar-refractivity contribution in [3.8, 4) is 0 Å². The molecule has 0 bridgehead atoms. The fourth-order valence-electron chi connectivity index (χ4n) is 4.62. The smallest absolute Gasteiger partial charge is 0.255 e. The highest BCUT2D eigenvalue weighted by Gasteiger charge is 2.27. The van der Waals surface area contributed by atoms with E-state index in [-0.39, 0.29) is 11.8 Å². The first kappa shape index (κ1) is 24.8. The zero-order chi connectivity index (χ0) is 24.1. The molecule has 9 heteroatoms. The molecule has 2 aliphatic heterocycles. The van der Waals surface area contributed by atoms with E-state index in [0.717, 1.165) is 58.5 Å². The summed E-state index contributed by atoms with van der Waals surface area (Å²) in [7, 11) is 2.11. The normalized spacial score (nSPS) is 18.0. The average molecular weight is 504 g/mol. The molecule has 7 nitrogen and oxygen atoms in total. The molecule has 0 radical (unpaired) electrons. The maximum atomic E-state index is 12.9. The quantitative estimate of drug-likeness (QED) is 0.654. The number of amides is 2. The lowest BCUT2D eigenvalue weighted by Crippen LogP contribution is -2.39. The zero-order valence-corrected chi connectivity index (χ0v) is 21.0. The Labute approximate surface area is 211 Å². The van der Waals surface area contributed by atoms with E-state index < -0.39 is 0 Å². The Hall–Kier alpha value is -2.35. The molecule has 182 valence electrons. The number of likely N-dealkylation sites (N-methyl/N-ethyl adjacent to an activating group) is 1. The van der Waals surface area contributed by atoms with Gasteiger partial charge in [0, 0.05) is 55.9 Å². The molecule has 3 heterocycles. The van der Waals surface area contributed by atoms with Crippen molar-refractivity contribution in [1.29, 1.82) is 0 Å². The number of pyridine rings is 1. The number of nitrogens with one attached hydrogen (secondary N) is 1. The summed E-state index contributed by atoms with van der Waals surface area (Å²) >= 11 is 12.2. The van der Waals surface area contributed by atoms with E-state index in [0.29, 0.717) is 39.5 Å². The number of anilines is 2. The lowest BCUT2D eigenvalue weighted by atomic mass is 9.93. The van der Waals surface area contributed by atoms with E-state index in [4.69, 9.17) is 23.2 Å². The van der Waals surface area contributed by atoms with Gasteiger partial charge in [-0.15, -0.1) is 0 Å². The number of rotatable bonds is 5. The molecule has 0 aliphatic carbocycles. The monoisotopic (exact) mass is 503 g/mol. The number of carbonyl (C=O) groups excluding carboxylic acids is 2. The summed E-state index contributed by atoms with van der Waals surface area (Å²) < 4.78 is 0. The maximum Gasteiger partial charge on any atom is 0.255 e. The van der Waals surface area contributed by atoms with Gasteiger partial charge in [0.05, 0.1) is 10.7 Å². The van der Waals surface area contributed by atoms with Crippen molar-refractivity contribution in [2.75, 3.05) is 56.5 Å². The number of hydrogen-bond acceptors (Lipinski definition) is 5. The van der Waals surface area contributed by atoms with Gasteiger partial charge in [-0.1, -0.05) is 29.3 Å². The van der Waals surface area contributed by atoms with Crippen molar-refractivity contribution in [2.45, 2.75) is 25.7 Å². The molecule has 1 N–H and O–H groups in total. The second kappa shape index (κ2) is 11.4. The highest BCUT2D eigenvalue weighted by atomic mass is 35.5. The Balaban J connectivity index is 1.36. The zero-order valence-electron chi connectivity index (χ0n) is 19.5. The molecule has 2 amide bonds. The standard InChI is InChI=1S/C25H31Cl2N5O2/c1-30-8-3-9-31(13-12-30)23(33)14-18-6-10-32(11-7-18)24-22(16-21(27)17-28-24)29-25(34)19-4-2-5-20(26)15-19/h2,4-5,15-18H,3,6-14H2,1H3,(H,29,34). The van der Waals surface area contributed by atoms with Crippen molar-refractivity contribution < 1.29 is 9.59 Å². The van der Waals surface area contributed by atoms with Crippen molar-refractivity contribution in [2.24, 2.45) is 5.92 Å². The SMILES string of the molecule is CN1CCCN(C(=O)CC2CCN(c3ncc(Cl)cc3NC(=O)c3cccc(Cl)c3)CC2)CC1. The molecular formula is C25H31Cl2N5O2. The van der Waals surface area contributed by atoms with Gasteiger partial charge in [-0.25, -0.2) is 4.98 Å². The number of carbonyl (C=O) groups is 2. The largest absolute Gasteiger partial charge is 0.355 e. The summed E-state index contributed by atoms with van der Waals surface area (Å²) in [6.45, 7) is 5.21. The summed E-state index contributed by atoms with van der Waals surface area (Å²) in [4.78, 5) is 36.6. The van der Waals surface area contributed by atoms with Crippen LogP contribution in [-0.4, -0.2) is 72.9 Å². The first-order valence-corrected chi connectivity index (χ1v) is 12.6. The van der Waals surface area contributed by atoms with E-state index in [1.807, 2.05) is 4.90 Å². The highest BCUT2D eigenvalue weighted by molar-refractivity contribution is 6.31. The van der Waals surface area contributed by atoms with Gasteiger partial charge in [-0.3, -0.25) is 9.59 Å². The Morgan fingerprint density at radius 2 is 1.82 bits per heavy atom. The van der Waals surface area contributed by atoms with Gasteiger partial charge in [0.2, 0.25) is 5.91 Å². The minimum atomic E-state index is -0.267. The molecule has 2 aliphatic rings. The Morgan fingerprint density at radius 3 is 2.59 bits per heavy atom. The molecule has 0 atom stereocenters. The average Bonchev–Trinajstić information content (AvgIpc) is 3.04. The van der Waals surface area contributed by atoms with Crippen LogP contribution in [0.15, 0.2) is 36.5 Å². The third kappa shape index (κ3) is 6.40. The lowest BCUT2D eigenvalue weighted by Gasteiger charge is -2.34. The topological polar surface area (TPSA) is 68.8 Å². The first-order chi connectivity index (χ1) is 16.4. The molecule has 2 aromatic rings. The fraction of sp³-hybridized carbons (Fsp3) is 0.480. The summed E-state index contributed by atoms with van der Waals surface area (Å²) in [5.41, 5.74) is 1.04. The summed E-state index contributed by atoms with van der Waals surface area (Å²) in [6, 6.07) is 8.52. The van der Waals surface area contributed by atoms with E-state index in [1.165, 1.54) is 0 Å². The molecule has 2 saturated heterocycles. The van der Waals surface area contributed by atoms with Crippen LogP contribution in [0.4, 0.5) is 11.5 Å². The number of hydrogen-bond donors (Lipinski definition) is 1. The molecule has 2 fully saturated rings.